The zero-order valence-electron chi connectivity index (χ0n) is 11.5. The van der Waals surface area contributed by atoms with E-state index >= 15 is 0 Å². The second kappa shape index (κ2) is 6.85. The first-order valence-corrected chi connectivity index (χ1v) is 6.55. The van der Waals surface area contributed by atoms with Crippen molar-refractivity contribution in [1.82, 2.24) is 15.1 Å². The number of nitrogens with zero attached hydrogens (tertiary/aromatic N) is 3. The van der Waals surface area contributed by atoms with Crippen molar-refractivity contribution in [3.05, 3.63) is 53.3 Å². The average Bonchev–Trinajstić information content (AvgIpc) is 2.89. The van der Waals surface area contributed by atoms with Gasteiger partial charge in [-0.15, -0.1) is 0 Å². The molecule has 2 N–H and O–H groups in total. The largest absolute Gasteiger partial charge is 0.387 e. The van der Waals surface area contributed by atoms with E-state index in [0.29, 0.717) is 12.1 Å². The number of hydrogen-bond donors (Lipinski definition) is 2. The molecular formula is C15H18N4O. The smallest absolute Gasteiger partial charge is 0.0991 e. The fourth-order valence-electron chi connectivity index (χ4n) is 1.97. The predicted molar refractivity (Wildman–Crippen MR) is 75.9 cm³/mol. The molecule has 20 heavy (non-hydrogen) atoms. The van der Waals surface area contributed by atoms with Crippen LogP contribution in [0.4, 0.5) is 0 Å². The molecule has 104 valence electrons. The molecule has 0 radical (unpaired) electrons. The molecule has 1 heterocycles. The zero-order chi connectivity index (χ0) is 14.4. The van der Waals surface area contributed by atoms with Gasteiger partial charge in [-0.2, -0.15) is 10.4 Å². The molecule has 5 heteroatoms. The van der Waals surface area contributed by atoms with E-state index in [1.165, 1.54) is 5.56 Å². The first-order valence-electron chi connectivity index (χ1n) is 6.55. The van der Waals surface area contributed by atoms with Crippen LogP contribution in [0.5, 0.6) is 0 Å². The first-order chi connectivity index (χ1) is 9.69. The molecule has 0 amide bonds. The summed E-state index contributed by atoms with van der Waals surface area (Å²) in [7, 11) is 1.89. The van der Waals surface area contributed by atoms with Crippen LogP contribution in [0.25, 0.3) is 0 Å². The lowest BCUT2D eigenvalue weighted by Gasteiger charge is -2.12. The Morgan fingerprint density at radius 3 is 2.75 bits per heavy atom. The summed E-state index contributed by atoms with van der Waals surface area (Å²) in [6.45, 7) is 1.28. The number of aliphatic hydroxyl groups is 1. The van der Waals surface area contributed by atoms with E-state index in [1.54, 1.807) is 28.9 Å². The molecule has 0 saturated carbocycles. The summed E-state index contributed by atoms with van der Waals surface area (Å²) in [6, 6.07) is 9.06. The van der Waals surface area contributed by atoms with Gasteiger partial charge in [0.05, 0.1) is 23.9 Å². The minimum absolute atomic E-state index is 0.492. The van der Waals surface area contributed by atoms with Crippen LogP contribution in [0.3, 0.4) is 0 Å². The van der Waals surface area contributed by atoms with Gasteiger partial charge < -0.3 is 10.4 Å². The van der Waals surface area contributed by atoms with E-state index < -0.39 is 6.10 Å². The number of nitrogens with one attached hydrogen (secondary N) is 1. The van der Waals surface area contributed by atoms with Gasteiger partial charge in [0.15, 0.2) is 0 Å². The quantitative estimate of drug-likeness (QED) is 0.772. The average molecular weight is 270 g/mol. The second-order valence-electron chi connectivity index (χ2n) is 4.73. The molecule has 2 rings (SSSR count). The molecule has 1 unspecified atom stereocenters. The molecule has 2 aromatic rings. The Bertz CT molecular complexity index is 583. The van der Waals surface area contributed by atoms with Gasteiger partial charge in [-0.1, -0.05) is 12.1 Å². The Morgan fingerprint density at radius 2 is 2.15 bits per heavy atom. The Morgan fingerprint density at radius 1 is 1.40 bits per heavy atom. The molecule has 0 spiro atoms. The lowest BCUT2D eigenvalue weighted by Crippen LogP contribution is -2.23. The molecular weight excluding hydrogens is 252 g/mol. The maximum Gasteiger partial charge on any atom is 0.0991 e. The third-order valence-corrected chi connectivity index (χ3v) is 3.11. The fraction of sp³-hybridized carbons (Fsp3) is 0.333. The number of benzene rings is 1. The molecule has 0 aliphatic rings. The van der Waals surface area contributed by atoms with Crippen molar-refractivity contribution < 1.29 is 5.11 Å². The molecule has 5 nitrogen and oxygen atoms in total. The van der Waals surface area contributed by atoms with Crippen molar-refractivity contribution in [2.75, 3.05) is 13.1 Å². The predicted octanol–water partition coefficient (Wildman–Crippen LogP) is 1.16. The monoisotopic (exact) mass is 270 g/mol. The van der Waals surface area contributed by atoms with Gasteiger partial charge in [0.1, 0.15) is 0 Å². The number of aryl methyl sites for hydroxylation is 1. The van der Waals surface area contributed by atoms with E-state index in [1.807, 2.05) is 19.4 Å². The van der Waals surface area contributed by atoms with Crippen LogP contribution in [0.15, 0.2) is 36.7 Å². The minimum Gasteiger partial charge on any atom is -0.387 e. The van der Waals surface area contributed by atoms with E-state index in [0.717, 1.165) is 18.5 Å². The van der Waals surface area contributed by atoms with E-state index in [-0.39, 0.29) is 0 Å². The second-order valence-corrected chi connectivity index (χ2v) is 4.73. The van der Waals surface area contributed by atoms with Crippen molar-refractivity contribution in [2.45, 2.75) is 12.5 Å². The van der Waals surface area contributed by atoms with Crippen LogP contribution in [0, 0.1) is 11.3 Å². The van der Waals surface area contributed by atoms with E-state index in [9.17, 15) is 5.11 Å². The van der Waals surface area contributed by atoms with Gasteiger partial charge in [-0.3, -0.25) is 4.68 Å². The number of hydrogen-bond acceptors (Lipinski definition) is 4. The van der Waals surface area contributed by atoms with E-state index in [4.69, 9.17) is 5.26 Å². The Hall–Kier alpha value is -2.16. The van der Waals surface area contributed by atoms with Gasteiger partial charge in [-0.25, -0.2) is 0 Å². The topological polar surface area (TPSA) is 73.9 Å². The summed E-state index contributed by atoms with van der Waals surface area (Å²) in [4.78, 5) is 0. The number of aromatic nitrogens is 2. The standard InChI is InChI=1S/C15H18N4O/c1-19-11-13(9-18-19)6-7-17-10-15(20)14-4-2-12(8-16)3-5-14/h2-5,9,11,15,17,20H,6-7,10H2,1H3. The summed E-state index contributed by atoms with van der Waals surface area (Å²) in [6.07, 6.45) is 4.16. The SMILES string of the molecule is Cn1cc(CCNCC(O)c2ccc(C#N)cc2)cn1. The van der Waals surface area contributed by atoms with Crippen LogP contribution < -0.4 is 5.32 Å². The highest BCUT2D eigenvalue weighted by Gasteiger charge is 2.06. The van der Waals surface area contributed by atoms with Gasteiger partial charge >= 0.3 is 0 Å². The lowest BCUT2D eigenvalue weighted by atomic mass is 10.1. The minimum atomic E-state index is -0.559. The first kappa shape index (κ1) is 14.3. The summed E-state index contributed by atoms with van der Waals surface area (Å²) >= 11 is 0. The van der Waals surface area contributed by atoms with Gasteiger partial charge in [0.2, 0.25) is 0 Å². The Balaban J connectivity index is 1.74. The number of aliphatic hydroxyl groups excluding tert-OH is 1. The van der Waals surface area contributed by atoms with Crippen molar-refractivity contribution in [3.8, 4) is 6.07 Å². The molecule has 1 aromatic carbocycles. The van der Waals surface area contributed by atoms with Crippen LogP contribution in [-0.2, 0) is 13.5 Å². The van der Waals surface area contributed by atoms with Crippen molar-refractivity contribution >= 4 is 0 Å². The number of rotatable bonds is 6. The highest BCUT2D eigenvalue weighted by molar-refractivity contribution is 5.32. The Labute approximate surface area is 118 Å². The maximum atomic E-state index is 10.0. The van der Waals surface area contributed by atoms with Gasteiger partial charge in [0.25, 0.3) is 0 Å². The molecule has 0 fully saturated rings. The summed E-state index contributed by atoms with van der Waals surface area (Å²) in [5.41, 5.74) is 2.59. The van der Waals surface area contributed by atoms with Crippen molar-refractivity contribution in [1.29, 1.82) is 5.26 Å². The summed E-state index contributed by atoms with van der Waals surface area (Å²) in [5, 5.41) is 26.1. The van der Waals surface area contributed by atoms with Crippen LogP contribution in [0.2, 0.25) is 0 Å². The normalized spacial score (nSPS) is 12.1. The van der Waals surface area contributed by atoms with E-state index in [2.05, 4.69) is 16.5 Å². The third kappa shape index (κ3) is 3.92. The molecule has 1 aromatic heterocycles. The summed E-state index contributed by atoms with van der Waals surface area (Å²) < 4.78 is 1.78. The molecule has 0 aliphatic heterocycles. The van der Waals surface area contributed by atoms with Crippen LogP contribution in [0.1, 0.15) is 22.8 Å². The van der Waals surface area contributed by atoms with Crippen molar-refractivity contribution in [2.24, 2.45) is 7.05 Å². The van der Waals surface area contributed by atoms with Crippen molar-refractivity contribution in [3.63, 3.8) is 0 Å². The van der Waals surface area contributed by atoms with Crippen LogP contribution in [-0.4, -0.2) is 28.0 Å². The third-order valence-electron chi connectivity index (χ3n) is 3.11. The zero-order valence-corrected chi connectivity index (χ0v) is 11.5. The summed E-state index contributed by atoms with van der Waals surface area (Å²) in [5.74, 6) is 0. The van der Waals surface area contributed by atoms with Gasteiger partial charge in [-0.05, 0) is 36.2 Å². The molecule has 0 saturated heterocycles. The highest BCUT2D eigenvalue weighted by Crippen LogP contribution is 2.12. The molecule has 0 bridgehead atoms. The fourth-order valence-corrected chi connectivity index (χ4v) is 1.97. The highest BCUT2D eigenvalue weighted by atomic mass is 16.3. The van der Waals surface area contributed by atoms with Crippen LogP contribution >= 0.6 is 0 Å². The molecule has 1 atom stereocenters. The maximum absolute atomic E-state index is 10.0. The number of nitriles is 1. The van der Waals surface area contributed by atoms with Gasteiger partial charge in [0, 0.05) is 19.8 Å². The molecule has 0 aliphatic carbocycles. The Kier molecular flexibility index (Phi) is 4.88. The lowest BCUT2D eigenvalue weighted by molar-refractivity contribution is 0.175.